The molecular weight excluding hydrogens is 352 g/mol. The van der Waals surface area contributed by atoms with Gasteiger partial charge in [0.25, 0.3) is 5.91 Å². The van der Waals surface area contributed by atoms with Crippen LogP contribution >= 0.6 is 0 Å². The van der Waals surface area contributed by atoms with Gasteiger partial charge in [-0.2, -0.15) is 0 Å². The van der Waals surface area contributed by atoms with Crippen LogP contribution in [0.15, 0.2) is 53.5 Å². The maximum atomic E-state index is 11.9. The summed E-state index contributed by atoms with van der Waals surface area (Å²) in [6.07, 6.45) is 0. The molecule has 2 aromatic rings. The molecule has 0 aliphatic carbocycles. The zero-order valence-electron chi connectivity index (χ0n) is 17.2. The summed E-state index contributed by atoms with van der Waals surface area (Å²) in [6.45, 7) is 6.58. The van der Waals surface area contributed by atoms with Crippen LogP contribution in [0.25, 0.3) is 0 Å². The summed E-state index contributed by atoms with van der Waals surface area (Å²) in [5, 5.41) is 6.13. The molecule has 0 fully saturated rings. The molecule has 0 saturated heterocycles. The fraction of sp³-hybridized carbons (Fsp3) is 0.364. The average Bonchev–Trinajstić information content (AvgIpc) is 2.72. The first kappa shape index (κ1) is 21.3. The number of rotatable bonds is 8. The quantitative estimate of drug-likeness (QED) is 0.544. The molecule has 0 spiro atoms. The normalized spacial score (nSPS) is 11.1. The number of para-hydroxylation sites is 1. The predicted octanol–water partition coefficient (Wildman–Crippen LogP) is 3.04. The summed E-state index contributed by atoms with van der Waals surface area (Å²) in [6, 6.07) is 15.5. The number of methoxy groups -OCH3 is 1. The molecular formula is C22H30N4O2. The van der Waals surface area contributed by atoms with Crippen molar-refractivity contribution < 1.29 is 9.53 Å². The van der Waals surface area contributed by atoms with Gasteiger partial charge in [-0.05, 0) is 37.6 Å². The molecule has 6 heteroatoms. The van der Waals surface area contributed by atoms with Crippen molar-refractivity contribution in [3.05, 3.63) is 65.2 Å². The molecule has 6 nitrogen and oxygen atoms in total. The van der Waals surface area contributed by atoms with Gasteiger partial charge >= 0.3 is 0 Å². The Morgan fingerprint density at radius 2 is 1.71 bits per heavy atom. The maximum Gasteiger partial charge on any atom is 0.251 e. The van der Waals surface area contributed by atoms with Crippen LogP contribution < -0.4 is 15.4 Å². The Morgan fingerprint density at radius 3 is 2.36 bits per heavy atom. The van der Waals surface area contributed by atoms with Gasteiger partial charge in [0.2, 0.25) is 0 Å². The third-order valence-electron chi connectivity index (χ3n) is 4.26. The standard InChI is InChI=1S/C22H30N4O2/c1-5-23-21(27)18-13-11-17(12-14-18)15-25-22(24-6-2)26(3)16-19-9-7-8-10-20(19)28-4/h7-14H,5-6,15-16H2,1-4H3,(H,23,27)(H,24,25). The highest BCUT2D eigenvalue weighted by Crippen LogP contribution is 2.18. The Labute approximate surface area is 167 Å². The van der Waals surface area contributed by atoms with Crippen molar-refractivity contribution in [1.82, 2.24) is 15.5 Å². The van der Waals surface area contributed by atoms with Crippen molar-refractivity contribution in [3.8, 4) is 5.75 Å². The Balaban J connectivity index is 2.07. The van der Waals surface area contributed by atoms with Gasteiger partial charge in [-0.25, -0.2) is 4.99 Å². The van der Waals surface area contributed by atoms with E-state index in [1.165, 1.54) is 0 Å². The second kappa shape index (κ2) is 11.0. The van der Waals surface area contributed by atoms with Gasteiger partial charge in [-0.3, -0.25) is 4.79 Å². The van der Waals surface area contributed by atoms with Crippen molar-refractivity contribution >= 4 is 11.9 Å². The highest BCUT2D eigenvalue weighted by atomic mass is 16.5. The second-order valence-corrected chi connectivity index (χ2v) is 6.39. The summed E-state index contributed by atoms with van der Waals surface area (Å²) in [5.41, 5.74) is 2.81. The molecule has 1 amide bonds. The smallest absolute Gasteiger partial charge is 0.251 e. The third-order valence-corrected chi connectivity index (χ3v) is 4.26. The number of hydrogen-bond donors (Lipinski definition) is 2. The van der Waals surface area contributed by atoms with Crippen LogP contribution in [0.1, 0.15) is 35.3 Å². The fourth-order valence-electron chi connectivity index (χ4n) is 2.82. The van der Waals surface area contributed by atoms with E-state index in [4.69, 9.17) is 9.73 Å². The van der Waals surface area contributed by atoms with Gasteiger partial charge in [-0.15, -0.1) is 0 Å². The van der Waals surface area contributed by atoms with E-state index in [-0.39, 0.29) is 5.91 Å². The minimum Gasteiger partial charge on any atom is -0.496 e. The van der Waals surface area contributed by atoms with Crippen molar-refractivity contribution in [2.45, 2.75) is 26.9 Å². The SMILES string of the molecule is CCNC(=O)c1ccc(CN=C(NCC)N(C)Cc2ccccc2OC)cc1. The molecule has 28 heavy (non-hydrogen) atoms. The number of carbonyl (C=O) groups excluding carboxylic acids is 1. The topological polar surface area (TPSA) is 66.0 Å². The molecule has 2 N–H and O–H groups in total. The van der Waals surface area contributed by atoms with Crippen LogP contribution in [0.3, 0.4) is 0 Å². The van der Waals surface area contributed by atoms with Gasteiger partial charge in [0, 0.05) is 37.8 Å². The number of ether oxygens (including phenoxy) is 1. The lowest BCUT2D eigenvalue weighted by Crippen LogP contribution is -2.38. The number of aliphatic imine (C=N–C) groups is 1. The van der Waals surface area contributed by atoms with E-state index >= 15 is 0 Å². The van der Waals surface area contributed by atoms with Crippen LogP contribution in [-0.4, -0.2) is 44.0 Å². The average molecular weight is 383 g/mol. The van der Waals surface area contributed by atoms with Crippen LogP contribution in [-0.2, 0) is 13.1 Å². The van der Waals surface area contributed by atoms with Crippen LogP contribution in [0.4, 0.5) is 0 Å². The Morgan fingerprint density at radius 1 is 1.04 bits per heavy atom. The molecule has 0 radical (unpaired) electrons. The summed E-state index contributed by atoms with van der Waals surface area (Å²) in [5.74, 6) is 1.63. The lowest BCUT2D eigenvalue weighted by atomic mass is 10.1. The van der Waals surface area contributed by atoms with Gasteiger partial charge < -0.3 is 20.3 Å². The molecule has 0 aliphatic rings. The molecule has 0 bridgehead atoms. The lowest BCUT2D eigenvalue weighted by molar-refractivity contribution is 0.0956. The van der Waals surface area contributed by atoms with Crippen molar-refractivity contribution in [2.24, 2.45) is 4.99 Å². The molecule has 0 aliphatic heterocycles. The van der Waals surface area contributed by atoms with E-state index in [0.717, 1.165) is 29.4 Å². The van der Waals surface area contributed by atoms with Gasteiger partial charge in [-0.1, -0.05) is 30.3 Å². The Bertz CT molecular complexity index is 787. The third kappa shape index (κ3) is 6.01. The fourth-order valence-corrected chi connectivity index (χ4v) is 2.82. The number of amides is 1. The maximum absolute atomic E-state index is 11.9. The van der Waals surface area contributed by atoms with E-state index in [0.29, 0.717) is 25.2 Å². The molecule has 0 aromatic heterocycles. The van der Waals surface area contributed by atoms with Gasteiger partial charge in [0.05, 0.1) is 13.7 Å². The lowest BCUT2D eigenvalue weighted by Gasteiger charge is -2.23. The van der Waals surface area contributed by atoms with E-state index in [1.807, 2.05) is 63.4 Å². The largest absolute Gasteiger partial charge is 0.496 e. The molecule has 150 valence electrons. The number of nitrogens with zero attached hydrogens (tertiary/aromatic N) is 2. The Hall–Kier alpha value is -3.02. The molecule has 2 aromatic carbocycles. The predicted molar refractivity (Wildman–Crippen MR) is 114 cm³/mol. The molecule has 0 saturated carbocycles. The van der Waals surface area contributed by atoms with Crippen molar-refractivity contribution in [1.29, 1.82) is 0 Å². The van der Waals surface area contributed by atoms with E-state index < -0.39 is 0 Å². The van der Waals surface area contributed by atoms with E-state index in [9.17, 15) is 4.79 Å². The zero-order chi connectivity index (χ0) is 20.4. The summed E-state index contributed by atoms with van der Waals surface area (Å²) in [7, 11) is 3.69. The molecule has 0 atom stereocenters. The second-order valence-electron chi connectivity index (χ2n) is 6.39. The molecule has 0 heterocycles. The minimum atomic E-state index is -0.0533. The van der Waals surface area contributed by atoms with E-state index in [2.05, 4.69) is 21.6 Å². The van der Waals surface area contributed by atoms with E-state index in [1.54, 1.807) is 7.11 Å². The van der Waals surface area contributed by atoms with Crippen LogP contribution in [0.2, 0.25) is 0 Å². The highest BCUT2D eigenvalue weighted by molar-refractivity contribution is 5.94. The first-order chi connectivity index (χ1) is 13.6. The first-order valence-corrected chi connectivity index (χ1v) is 9.57. The Kier molecular flexibility index (Phi) is 8.34. The van der Waals surface area contributed by atoms with Gasteiger partial charge in [0.1, 0.15) is 5.75 Å². The first-order valence-electron chi connectivity index (χ1n) is 9.57. The molecule has 2 rings (SSSR count). The zero-order valence-corrected chi connectivity index (χ0v) is 17.2. The van der Waals surface area contributed by atoms with Gasteiger partial charge in [0.15, 0.2) is 5.96 Å². The van der Waals surface area contributed by atoms with Crippen molar-refractivity contribution in [2.75, 3.05) is 27.2 Å². The van der Waals surface area contributed by atoms with Crippen molar-refractivity contribution in [3.63, 3.8) is 0 Å². The summed E-state index contributed by atoms with van der Waals surface area (Å²) < 4.78 is 5.44. The number of nitrogens with one attached hydrogen (secondary N) is 2. The number of guanidine groups is 1. The highest BCUT2D eigenvalue weighted by Gasteiger charge is 2.10. The number of hydrogen-bond acceptors (Lipinski definition) is 3. The number of carbonyl (C=O) groups is 1. The minimum absolute atomic E-state index is 0.0533. The summed E-state index contributed by atoms with van der Waals surface area (Å²) >= 11 is 0. The van der Waals surface area contributed by atoms with Crippen LogP contribution in [0, 0.1) is 0 Å². The summed E-state index contributed by atoms with van der Waals surface area (Å²) in [4.78, 5) is 18.7. The number of benzene rings is 2. The monoisotopic (exact) mass is 382 g/mol. The van der Waals surface area contributed by atoms with Crippen LogP contribution in [0.5, 0.6) is 5.75 Å². The molecule has 0 unspecified atom stereocenters.